The van der Waals surface area contributed by atoms with Crippen LogP contribution >= 0.6 is 11.3 Å². The van der Waals surface area contributed by atoms with E-state index in [4.69, 9.17) is 4.74 Å². The molecule has 0 aliphatic carbocycles. The highest BCUT2D eigenvalue weighted by atomic mass is 32.1. The van der Waals surface area contributed by atoms with E-state index < -0.39 is 0 Å². The molecule has 0 atom stereocenters. The van der Waals surface area contributed by atoms with E-state index in [-0.39, 0.29) is 11.8 Å². The van der Waals surface area contributed by atoms with Gasteiger partial charge in [-0.2, -0.15) is 16.4 Å². The summed E-state index contributed by atoms with van der Waals surface area (Å²) in [6, 6.07) is 0.117. The van der Waals surface area contributed by atoms with Gasteiger partial charge in [0.2, 0.25) is 5.78 Å². The lowest BCUT2D eigenvalue weighted by Gasteiger charge is -2.11. The smallest absolute Gasteiger partial charge is 0.215 e. The number of rotatable bonds is 4. The topological polar surface area (TPSA) is 44.1 Å². The molecule has 0 saturated heterocycles. The highest BCUT2D eigenvalue weighted by molar-refractivity contribution is 7.08. The molecule has 0 unspecified atom stereocenters. The van der Waals surface area contributed by atoms with Crippen LogP contribution in [0.1, 0.15) is 41.5 Å². The van der Waals surface area contributed by atoms with E-state index in [0.29, 0.717) is 11.4 Å². The van der Waals surface area contributed by atoms with Gasteiger partial charge in [0.1, 0.15) is 0 Å². The van der Waals surface area contributed by atoms with Crippen LogP contribution in [0.2, 0.25) is 0 Å². The first-order chi connectivity index (χ1) is 8.56. The third-order valence-electron chi connectivity index (χ3n) is 2.79. The molecule has 2 aromatic rings. The van der Waals surface area contributed by atoms with Crippen LogP contribution in [0, 0.1) is 6.92 Å². The molecule has 18 heavy (non-hydrogen) atoms. The normalized spacial score (nSPS) is 10.9. The van der Waals surface area contributed by atoms with Crippen molar-refractivity contribution < 1.29 is 9.53 Å². The molecule has 2 rings (SSSR count). The Hall–Kier alpha value is -1.62. The zero-order chi connectivity index (χ0) is 13.3. The van der Waals surface area contributed by atoms with Crippen molar-refractivity contribution in [2.45, 2.75) is 26.8 Å². The summed E-state index contributed by atoms with van der Waals surface area (Å²) in [6.07, 6.45) is 1.59. The van der Waals surface area contributed by atoms with Crippen molar-refractivity contribution in [3.05, 3.63) is 33.8 Å². The second-order valence-electron chi connectivity index (χ2n) is 4.40. The lowest BCUT2D eigenvalue weighted by atomic mass is 10.1. The maximum absolute atomic E-state index is 12.6. The lowest BCUT2D eigenvalue weighted by molar-refractivity contribution is 0.102. The predicted molar refractivity (Wildman–Crippen MR) is 71.7 cm³/mol. The fourth-order valence-corrected chi connectivity index (χ4v) is 2.65. The molecule has 0 spiro atoms. The highest BCUT2D eigenvalue weighted by Crippen LogP contribution is 2.26. The van der Waals surface area contributed by atoms with E-state index in [1.54, 1.807) is 18.0 Å². The van der Waals surface area contributed by atoms with Gasteiger partial charge in [-0.1, -0.05) is 0 Å². The van der Waals surface area contributed by atoms with Gasteiger partial charge in [0.15, 0.2) is 11.4 Å². The number of aryl methyl sites for hydroxylation is 1. The van der Waals surface area contributed by atoms with Crippen molar-refractivity contribution in [2.24, 2.45) is 0 Å². The van der Waals surface area contributed by atoms with E-state index >= 15 is 0 Å². The molecule has 2 aromatic heterocycles. The summed E-state index contributed by atoms with van der Waals surface area (Å²) in [7, 11) is 1.55. The number of nitrogens with zero attached hydrogens (tertiary/aromatic N) is 2. The van der Waals surface area contributed by atoms with Gasteiger partial charge in [-0.25, -0.2) is 0 Å². The Morgan fingerprint density at radius 1 is 1.44 bits per heavy atom. The number of hydrogen-bond acceptors (Lipinski definition) is 4. The van der Waals surface area contributed by atoms with Gasteiger partial charge in [0, 0.05) is 17.0 Å². The standard InChI is InChI=1S/C13H16N2O2S/c1-8(2)15-12(11(17-4)5-14-15)13(16)10-7-18-6-9(10)3/h5-8H,1-4H3. The van der Waals surface area contributed by atoms with E-state index in [1.165, 1.54) is 11.3 Å². The van der Waals surface area contributed by atoms with E-state index in [1.807, 2.05) is 31.5 Å². The fraction of sp³-hybridized carbons (Fsp3) is 0.385. The minimum Gasteiger partial charge on any atom is -0.493 e. The third kappa shape index (κ3) is 2.06. The largest absolute Gasteiger partial charge is 0.493 e. The van der Waals surface area contributed by atoms with Gasteiger partial charge in [-0.05, 0) is 31.7 Å². The second kappa shape index (κ2) is 4.94. The first-order valence-electron chi connectivity index (χ1n) is 5.75. The minimum absolute atomic E-state index is 0.0307. The summed E-state index contributed by atoms with van der Waals surface area (Å²) < 4.78 is 6.94. The Labute approximate surface area is 110 Å². The monoisotopic (exact) mass is 264 g/mol. The number of aromatic nitrogens is 2. The van der Waals surface area contributed by atoms with Crippen LogP contribution in [0.15, 0.2) is 17.0 Å². The summed E-state index contributed by atoms with van der Waals surface area (Å²) in [5.41, 5.74) is 2.23. The number of ether oxygens (including phenoxy) is 1. The zero-order valence-corrected chi connectivity index (χ0v) is 11.7. The maximum atomic E-state index is 12.6. The molecule has 4 nitrogen and oxygen atoms in total. The fourth-order valence-electron chi connectivity index (χ4n) is 1.82. The Morgan fingerprint density at radius 2 is 2.17 bits per heavy atom. The summed E-state index contributed by atoms with van der Waals surface area (Å²) in [6.45, 7) is 5.92. The van der Waals surface area contributed by atoms with Gasteiger partial charge in [-0.15, -0.1) is 0 Å². The molecule has 5 heteroatoms. The molecule has 0 saturated carbocycles. The first-order valence-corrected chi connectivity index (χ1v) is 6.69. The average molecular weight is 264 g/mol. The van der Waals surface area contributed by atoms with Gasteiger partial charge >= 0.3 is 0 Å². The number of carbonyl (C=O) groups excluding carboxylic acids is 1. The van der Waals surface area contributed by atoms with Gasteiger partial charge in [-0.3, -0.25) is 9.48 Å². The number of methoxy groups -OCH3 is 1. The van der Waals surface area contributed by atoms with Crippen LogP contribution in [0.4, 0.5) is 0 Å². The summed E-state index contributed by atoms with van der Waals surface area (Å²) >= 11 is 1.53. The Kier molecular flexibility index (Phi) is 3.52. The molecule has 0 bridgehead atoms. The minimum atomic E-state index is -0.0307. The zero-order valence-electron chi connectivity index (χ0n) is 10.9. The van der Waals surface area contributed by atoms with Gasteiger partial charge < -0.3 is 4.74 Å². The van der Waals surface area contributed by atoms with Crippen molar-refractivity contribution >= 4 is 17.1 Å². The van der Waals surface area contributed by atoms with Crippen LogP contribution in [0.3, 0.4) is 0 Å². The van der Waals surface area contributed by atoms with E-state index in [9.17, 15) is 4.79 Å². The molecule has 0 fully saturated rings. The van der Waals surface area contributed by atoms with Gasteiger partial charge in [0.05, 0.1) is 13.3 Å². The quantitative estimate of drug-likeness (QED) is 0.797. The Morgan fingerprint density at radius 3 is 2.67 bits per heavy atom. The van der Waals surface area contributed by atoms with Crippen molar-refractivity contribution in [3.63, 3.8) is 0 Å². The molecule has 0 aliphatic heterocycles. The summed E-state index contributed by atoms with van der Waals surface area (Å²) in [5.74, 6) is 0.496. The molecule has 0 radical (unpaired) electrons. The van der Waals surface area contributed by atoms with Crippen molar-refractivity contribution in [3.8, 4) is 5.75 Å². The number of ketones is 1. The van der Waals surface area contributed by atoms with Crippen LogP contribution < -0.4 is 4.74 Å². The van der Waals surface area contributed by atoms with Crippen molar-refractivity contribution in [2.75, 3.05) is 7.11 Å². The van der Waals surface area contributed by atoms with Crippen molar-refractivity contribution in [1.82, 2.24) is 9.78 Å². The summed E-state index contributed by atoms with van der Waals surface area (Å²) in [4.78, 5) is 12.6. The molecular weight excluding hydrogens is 248 g/mol. The van der Waals surface area contributed by atoms with Crippen LogP contribution in [0.25, 0.3) is 0 Å². The molecule has 2 heterocycles. The van der Waals surface area contributed by atoms with Crippen LogP contribution in [0.5, 0.6) is 5.75 Å². The lowest BCUT2D eigenvalue weighted by Crippen LogP contribution is -2.14. The predicted octanol–water partition coefficient (Wildman–Crippen LogP) is 3.07. The average Bonchev–Trinajstić information content (AvgIpc) is 2.93. The Bertz CT molecular complexity index is 569. The molecule has 0 aromatic carbocycles. The Balaban J connectivity index is 2.53. The molecule has 96 valence electrons. The number of carbonyl (C=O) groups is 1. The van der Waals surface area contributed by atoms with Crippen LogP contribution in [-0.2, 0) is 0 Å². The molecule has 0 amide bonds. The second-order valence-corrected chi connectivity index (χ2v) is 5.14. The van der Waals surface area contributed by atoms with E-state index in [0.717, 1.165) is 11.1 Å². The van der Waals surface area contributed by atoms with Crippen molar-refractivity contribution in [1.29, 1.82) is 0 Å². The summed E-state index contributed by atoms with van der Waals surface area (Å²) in [5, 5.41) is 8.06. The third-order valence-corrected chi connectivity index (χ3v) is 3.65. The van der Waals surface area contributed by atoms with Crippen LogP contribution in [-0.4, -0.2) is 22.7 Å². The number of thiophene rings is 1. The molecule has 0 N–H and O–H groups in total. The highest BCUT2D eigenvalue weighted by Gasteiger charge is 2.23. The number of hydrogen-bond donors (Lipinski definition) is 0. The first kappa shape index (κ1) is 12.8. The SMILES string of the molecule is COc1cnn(C(C)C)c1C(=O)c1cscc1C. The molecular formula is C13H16N2O2S. The molecule has 0 aliphatic rings. The van der Waals surface area contributed by atoms with E-state index in [2.05, 4.69) is 5.10 Å². The maximum Gasteiger partial charge on any atom is 0.215 e. The van der Waals surface area contributed by atoms with Gasteiger partial charge in [0.25, 0.3) is 0 Å².